The molecule has 10 heavy (non-hydrogen) atoms. The summed E-state index contributed by atoms with van der Waals surface area (Å²) in [5.74, 6) is 0.298. The average molecular weight is 176 g/mol. The summed E-state index contributed by atoms with van der Waals surface area (Å²) in [5.41, 5.74) is 0. The first-order chi connectivity index (χ1) is 4.86. The van der Waals surface area contributed by atoms with Gasteiger partial charge >= 0.3 is 0 Å². The molecule has 0 radical (unpaired) electrons. The van der Waals surface area contributed by atoms with Crippen LogP contribution >= 0.6 is 22.9 Å². The maximum absolute atomic E-state index is 9.69. The van der Waals surface area contributed by atoms with Gasteiger partial charge in [-0.3, -0.25) is 0 Å². The van der Waals surface area contributed by atoms with Crippen molar-refractivity contribution < 1.29 is 4.79 Å². The van der Waals surface area contributed by atoms with E-state index >= 15 is 0 Å². The van der Waals surface area contributed by atoms with E-state index < -0.39 is 0 Å². The fourth-order valence-corrected chi connectivity index (χ4v) is 1.11. The van der Waals surface area contributed by atoms with Crippen LogP contribution in [-0.4, -0.2) is 16.3 Å². The number of aliphatic imine (C=N–C) groups is 1. The van der Waals surface area contributed by atoms with E-state index in [1.165, 1.54) is 17.4 Å². The first-order valence-electron chi connectivity index (χ1n) is 2.33. The van der Waals surface area contributed by atoms with Crippen molar-refractivity contribution in [1.29, 1.82) is 0 Å². The Bertz CT molecular complexity index is 267. The van der Waals surface area contributed by atoms with E-state index in [0.717, 1.165) is 0 Å². The molecule has 0 saturated carbocycles. The lowest BCUT2D eigenvalue weighted by molar-refractivity contribution is 0.565. The van der Waals surface area contributed by atoms with Gasteiger partial charge in [0.05, 0.1) is 5.88 Å². The number of isocyanates is 1. The Hall–Kier alpha value is -0.770. The first-order valence-corrected chi connectivity index (χ1v) is 3.68. The quantitative estimate of drug-likeness (QED) is 0.386. The molecule has 1 aromatic heterocycles. The minimum atomic E-state index is 0.297. The molecule has 52 valence electrons. The van der Waals surface area contributed by atoms with Crippen LogP contribution in [0.25, 0.3) is 0 Å². The molecule has 0 atom stereocenters. The molecule has 1 rings (SSSR count). The number of hydrogen-bond donors (Lipinski definition) is 0. The van der Waals surface area contributed by atoms with Crippen molar-refractivity contribution in [2.24, 2.45) is 4.99 Å². The van der Waals surface area contributed by atoms with Gasteiger partial charge in [0.15, 0.2) is 0 Å². The maximum Gasteiger partial charge on any atom is 0.242 e. The lowest BCUT2D eigenvalue weighted by Gasteiger charge is -1.73. The molecular weight excluding hydrogens is 174 g/mol. The Labute approximate surface area is 65.6 Å². The van der Waals surface area contributed by atoms with Crippen LogP contribution < -0.4 is 0 Å². The molecule has 0 aliphatic rings. The van der Waals surface area contributed by atoms with E-state index in [-0.39, 0.29) is 0 Å². The third kappa shape index (κ3) is 1.60. The Morgan fingerprint density at radius 2 is 2.50 bits per heavy atom. The predicted octanol–water partition coefficient (Wildman–Crippen LogP) is 1.24. The zero-order valence-corrected chi connectivity index (χ0v) is 6.32. The fourth-order valence-electron chi connectivity index (χ4n) is 0.383. The van der Waals surface area contributed by atoms with Crippen molar-refractivity contribution in [2.45, 2.75) is 5.88 Å². The lowest BCUT2D eigenvalue weighted by atomic mass is 10.9. The Balaban J connectivity index is 2.87. The molecule has 0 saturated heterocycles. The van der Waals surface area contributed by atoms with Crippen molar-refractivity contribution in [3.8, 4) is 0 Å². The van der Waals surface area contributed by atoms with Gasteiger partial charge in [-0.2, -0.15) is 0 Å². The summed E-state index contributed by atoms with van der Waals surface area (Å²) < 4.78 is 0. The second kappa shape index (κ2) is 3.41. The van der Waals surface area contributed by atoms with E-state index in [1.54, 1.807) is 0 Å². The fraction of sp³-hybridized carbons (Fsp3) is 0.250. The van der Waals surface area contributed by atoms with Gasteiger partial charge in [-0.25, -0.2) is 4.79 Å². The number of aromatic nitrogens is 2. The van der Waals surface area contributed by atoms with E-state index in [4.69, 9.17) is 11.6 Å². The molecule has 0 amide bonds. The summed E-state index contributed by atoms with van der Waals surface area (Å²) in [7, 11) is 0. The van der Waals surface area contributed by atoms with Crippen molar-refractivity contribution in [1.82, 2.24) is 10.2 Å². The largest absolute Gasteiger partial charge is 0.242 e. The van der Waals surface area contributed by atoms with Gasteiger partial charge in [0.1, 0.15) is 5.01 Å². The molecule has 0 aliphatic heterocycles. The van der Waals surface area contributed by atoms with E-state index in [0.29, 0.717) is 16.0 Å². The molecule has 6 heteroatoms. The second-order valence-electron chi connectivity index (χ2n) is 1.32. The highest BCUT2D eigenvalue weighted by Gasteiger charge is 1.99. The van der Waals surface area contributed by atoms with Crippen LogP contribution in [-0.2, 0) is 10.7 Å². The third-order valence-corrected chi connectivity index (χ3v) is 1.94. The minimum Gasteiger partial charge on any atom is -0.211 e. The topological polar surface area (TPSA) is 55.2 Å². The van der Waals surface area contributed by atoms with Crippen LogP contribution in [0.3, 0.4) is 0 Å². The smallest absolute Gasteiger partial charge is 0.211 e. The number of alkyl halides is 1. The zero-order chi connectivity index (χ0) is 7.40. The van der Waals surface area contributed by atoms with Crippen molar-refractivity contribution in [2.75, 3.05) is 0 Å². The molecule has 0 spiro atoms. The van der Waals surface area contributed by atoms with Gasteiger partial charge in [0.2, 0.25) is 11.2 Å². The Morgan fingerprint density at radius 1 is 1.70 bits per heavy atom. The highest BCUT2D eigenvalue weighted by molar-refractivity contribution is 7.15. The molecule has 1 aromatic rings. The van der Waals surface area contributed by atoms with Crippen LogP contribution in [0.4, 0.5) is 5.13 Å². The van der Waals surface area contributed by atoms with Crippen LogP contribution in [0.15, 0.2) is 4.99 Å². The van der Waals surface area contributed by atoms with Crippen molar-refractivity contribution in [3.05, 3.63) is 5.01 Å². The van der Waals surface area contributed by atoms with Crippen LogP contribution in [0.2, 0.25) is 0 Å². The molecule has 0 bridgehead atoms. The first kappa shape index (κ1) is 7.34. The average Bonchev–Trinajstić information content (AvgIpc) is 2.37. The number of nitrogens with zero attached hydrogens (tertiary/aromatic N) is 3. The van der Waals surface area contributed by atoms with Gasteiger partial charge in [-0.15, -0.1) is 26.8 Å². The van der Waals surface area contributed by atoms with Crippen LogP contribution in [0.5, 0.6) is 0 Å². The number of hydrogen-bond acceptors (Lipinski definition) is 5. The summed E-state index contributed by atoms with van der Waals surface area (Å²) in [5, 5.41) is 8.09. The Kier molecular flexibility index (Phi) is 2.50. The lowest BCUT2D eigenvalue weighted by Crippen LogP contribution is -1.72. The zero-order valence-electron chi connectivity index (χ0n) is 4.74. The van der Waals surface area contributed by atoms with Crippen LogP contribution in [0.1, 0.15) is 5.01 Å². The number of halogens is 1. The number of carbonyl (C=O) groups excluding carboxylic acids is 1. The molecular formula is C4H2ClN3OS. The number of rotatable bonds is 2. The summed E-state index contributed by atoms with van der Waals surface area (Å²) in [6, 6.07) is 0. The standard InChI is InChI=1S/C4H2ClN3OS/c5-1-3-7-8-4(10-3)6-2-9/h1H2. The normalized spacial score (nSPS) is 8.90. The molecule has 1 heterocycles. The highest BCUT2D eigenvalue weighted by Crippen LogP contribution is 2.18. The maximum atomic E-state index is 9.69. The molecule has 4 nitrogen and oxygen atoms in total. The summed E-state index contributed by atoms with van der Waals surface area (Å²) in [4.78, 5) is 12.9. The van der Waals surface area contributed by atoms with Gasteiger partial charge in [0, 0.05) is 0 Å². The van der Waals surface area contributed by atoms with Crippen molar-refractivity contribution in [3.63, 3.8) is 0 Å². The van der Waals surface area contributed by atoms with Crippen molar-refractivity contribution >= 4 is 34.1 Å². The molecule has 0 fully saturated rings. The third-order valence-electron chi connectivity index (χ3n) is 0.712. The molecule has 0 unspecified atom stereocenters. The SMILES string of the molecule is O=C=Nc1nnc(CCl)s1. The van der Waals surface area contributed by atoms with Gasteiger partial charge in [-0.1, -0.05) is 11.3 Å². The molecule has 0 aromatic carbocycles. The monoisotopic (exact) mass is 175 g/mol. The van der Waals surface area contributed by atoms with E-state index in [2.05, 4.69) is 15.2 Å². The minimum absolute atomic E-state index is 0.297. The van der Waals surface area contributed by atoms with Gasteiger partial charge in [-0.05, 0) is 0 Å². The Morgan fingerprint density at radius 3 is 3.00 bits per heavy atom. The highest BCUT2D eigenvalue weighted by atomic mass is 35.5. The second-order valence-corrected chi connectivity index (χ2v) is 2.62. The van der Waals surface area contributed by atoms with Crippen LogP contribution in [0, 0.1) is 0 Å². The van der Waals surface area contributed by atoms with Gasteiger partial charge < -0.3 is 0 Å². The van der Waals surface area contributed by atoms with Gasteiger partial charge in [0.25, 0.3) is 0 Å². The van der Waals surface area contributed by atoms with E-state index in [9.17, 15) is 4.79 Å². The summed E-state index contributed by atoms with van der Waals surface area (Å²) >= 11 is 6.58. The van der Waals surface area contributed by atoms with E-state index in [1.807, 2.05) is 0 Å². The molecule has 0 N–H and O–H groups in total. The summed E-state index contributed by atoms with van der Waals surface area (Å²) in [6.07, 6.45) is 1.36. The predicted molar refractivity (Wildman–Crippen MR) is 37.2 cm³/mol. The molecule has 0 aliphatic carbocycles. The summed E-state index contributed by atoms with van der Waals surface area (Å²) in [6.45, 7) is 0.